The zero-order valence-corrected chi connectivity index (χ0v) is 16.8. The number of anilines is 2. The third-order valence-corrected chi connectivity index (χ3v) is 5.06. The molecule has 2 amide bonds. The molecular weight excluding hydrogens is 344 g/mol. The van der Waals surface area contributed by atoms with Crippen LogP contribution in [-0.4, -0.2) is 17.6 Å². The van der Waals surface area contributed by atoms with Crippen molar-refractivity contribution in [2.45, 2.75) is 44.9 Å². The molecule has 0 bridgehead atoms. The molecule has 2 aromatic rings. The van der Waals surface area contributed by atoms with Gasteiger partial charge in [-0.05, 0) is 53.8 Å². The lowest BCUT2D eigenvalue weighted by Crippen LogP contribution is -2.14. The molecule has 2 aromatic carbocycles. The number of carbonyl (C=O) groups is 2. The molecule has 0 aromatic heterocycles. The highest BCUT2D eigenvalue weighted by atomic mass is 32.2. The van der Waals surface area contributed by atoms with Gasteiger partial charge in [-0.2, -0.15) is 0 Å². The number of nitrogens with one attached hydrogen (secondary N) is 2. The molecule has 0 radical (unpaired) electrons. The predicted molar refractivity (Wildman–Crippen MR) is 110 cm³/mol. The van der Waals surface area contributed by atoms with Gasteiger partial charge in [0.15, 0.2) is 0 Å². The summed E-state index contributed by atoms with van der Waals surface area (Å²) in [4.78, 5) is 24.4. The minimum Gasteiger partial charge on any atom is -0.326 e. The van der Waals surface area contributed by atoms with Crippen molar-refractivity contribution in [2.24, 2.45) is 0 Å². The van der Waals surface area contributed by atoms with E-state index < -0.39 is 0 Å². The average molecular weight is 371 g/mol. The Morgan fingerprint density at radius 3 is 2.08 bits per heavy atom. The van der Waals surface area contributed by atoms with Crippen molar-refractivity contribution in [3.8, 4) is 0 Å². The van der Waals surface area contributed by atoms with Gasteiger partial charge >= 0.3 is 0 Å². The minimum atomic E-state index is -0.119. The Kier molecular flexibility index (Phi) is 6.48. The highest BCUT2D eigenvalue weighted by Gasteiger charge is 2.15. The molecule has 5 heteroatoms. The smallest absolute Gasteiger partial charge is 0.234 e. The lowest BCUT2D eigenvalue weighted by molar-refractivity contribution is -0.114. The van der Waals surface area contributed by atoms with Gasteiger partial charge in [0, 0.05) is 23.2 Å². The van der Waals surface area contributed by atoms with Crippen LogP contribution in [0.3, 0.4) is 0 Å². The van der Waals surface area contributed by atoms with Gasteiger partial charge < -0.3 is 10.6 Å². The fourth-order valence-corrected chi connectivity index (χ4v) is 3.27. The number of benzene rings is 2. The molecule has 2 N–H and O–H groups in total. The number of amides is 2. The molecule has 0 spiro atoms. The summed E-state index contributed by atoms with van der Waals surface area (Å²) < 4.78 is 0. The molecule has 138 valence electrons. The van der Waals surface area contributed by atoms with Gasteiger partial charge in [-0.1, -0.05) is 32.9 Å². The number of carbonyl (C=O) groups excluding carboxylic acids is 2. The van der Waals surface area contributed by atoms with Gasteiger partial charge in [0.25, 0.3) is 0 Å². The molecule has 0 aliphatic rings. The molecule has 0 saturated carbocycles. The molecule has 2 rings (SSSR count). The van der Waals surface area contributed by atoms with Gasteiger partial charge in [0.2, 0.25) is 11.8 Å². The highest BCUT2D eigenvalue weighted by Crippen LogP contribution is 2.29. The number of rotatable bonds is 5. The normalized spacial score (nSPS) is 11.1. The Morgan fingerprint density at radius 2 is 1.54 bits per heavy atom. The summed E-state index contributed by atoms with van der Waals surface area (Å²) in [6.45, 7) is 10.1. The maximum atomic E-state index is 12.2. The quantitative estimate of drug-likeness (QED) is 0.730. The Morgan fingerprint density at radius 1 is 0.962 bits per heavy atom. The molecule has 0 unspecified atom stereocenters. The molecule has 4 nitrogen and oxygen atoms in total. The largest absolute Gasteiger partial charge is 0.326 e. The van der Waals surface area contributed by atoms with Gasteiger partial charge in [0.05, 0.1) is 5.75 Å². The second-order valence-corrected chi connectivity index (χ2v) is 8.34. The van der Waals surface area contributed by atoms with E-state index in [-0.39, 0.29) is 17.2 Å². The van der Waals surface area contributed by atoms with Crippen LogP contribution in [0.1, 0.15) is 38.8 Å². The lowest BCUT2D eigenvalue weighted by atomic mass is 9.87. The Labute approximate surface area is 159 Å². The predicted octanol–water partition coefficient (Wildman–Crippen LogP) is 4.98. The molecule has 26 heavy (non-hydrogen) atoms. The summed E-state index contributed by atoms with van der Waals surface area (Å²) in [6.07, 6.45) is 0. The van der Waals surface area contributed by atoms with E-state index in [1.165, 1.54) is 18.1 Å². The van der Waals surface area contributed by atoms with Crippen molar-refractivity contribution in [2.75, 3.05) is 16.4 Å². The molecule has 0 saturated heterocycles. The van der Waals surface area contributed by atoms with Crippen LogP contribution >= 0.6 is 11.8 Å². The maximum absolute atomic E-state index is 12.2. The Bertz CT molecular complexity index is 793. The van der Waals surface area contributed by atoms with Gasteiger partial charge in [0.1, 0.15) is 0 Å². The van der Waals surface area contributed by atoms with E-state index in [2.05, 4.69) is 56.5 Å². The first-order valence-electron chi connectivity index (χ1n) is 8.56. The summed E-state index contributed by atoms with van der Waals surface area (Å²) in [5.74, 6) is 0.177. The first-order chi connectivity index (χ1) is 12.1. The average Bonchev–Trinajstić information content (AvgIpc) is 2.54. The molecule has 0 aliphatic heterocycles. The highest BCUT2D eigenvalue weighted by molar-refractivity contribution is 8.00. The fraction of sp³-hybridized carbons (Fsp3) is 0.333. The number of hydrogen-bond acceptors (Lipinski definition) is 3. The summed E-state index contributed by atoms with van der Waals surface area (Å²) in [5, 5.41) is 5.58. The van der Waals surface area contributed by atoms with Gasteiger partial charge in [-0.3, -0.25) is 9.59 Å². The summed E-state index contributed by atoms with van der Waals surface area (Å²) in [6, 6.07) is 13.5. The van der Waals surface area contributed by atoms with Gasteiger partial charge in [-0.15, -0.1) is 11.8 Å². The topological polar surface area (TPSA) is 58.2 Å². The number of thioether (sulfide) groups is 1. The minimum absolute atomic E-state index is 0.0529. The van der Waals surface area contributed by atoms with E-state index in [0.717, 1.165) is 4.90 Å². The fourth-order valence-electron chi connectivity index (χ4n) is 2.40. The van der Waals surface area contributed by atoms with Crippen molar-refractivity contribution >= 4 is 35.0 Å². The molecule has 0 atom stereocenters. The first kappa shape index (κ1) is 20.0. The molecular formula is C21H26N2O2S. The molecule has 0 heterocycles. The van der Waals surface area contributed by atoms with E-state index in [1.807, 2.05) is 0 Å². The molecule has 0 fully saturated rings. The van der Waals surface area contributed by atoms with Crippen LogP contribution in [0.2, 0.25) is 0 Å². The van der Waals surface area contributed by atoms with E-state index in [4.69, 9.17) is 0 Å². The summed E-state index contributed by atoms with van der Waals surface area (Å²) in [5.41, 5.74) is 3.94. The lowest BCUT2D eigenvalue weighted by Gasteiger charge is -2.20. The van der Waals surface area contributed by atoms with Gasteiger partial charge in [-0.25, -0.2) is 0 Å². The van der Waals surface area contributed by atoms with Crippen molar-refractivity contribution in [1.82, 2.24) is 0 Å². The van der Waals surface area contributed by atoms with Crippen molar-refractivity contribution in [1.29, 1.82) is 0 Å². The first-order valence-corrected chi connectivity index (χ1v) is 9.55. The Balaban J connectivity index is 1.95. The Hall–Kier alpha value is -2.27. The number of aryl methyl sites for hydroxylation is 1. The van der Waals surface area contributed by atoms with E-state index in [0.29, 0.717) is 17.1 Å². The van der Waals surface area contributed by atoms with Crippen molar-refractivity contribution in [3.63, 3.8) is 0 Å². The van der Waals surface area contributed by atoms with Crippen LogP contribution in [0.4, 0.5) is 11.4 Å². The van der Waals surface area contributed by atoms with Crippen LogP contribution in [0.25, 0.3) is 0 Å². The van der Waals surface area contributed by atoms with Crippen LogP contribution in [0.5, 0.6) is 0 Å². The maximum Gasteiger partial charge on any atom is 0.234 e. The van der Waals surface area contributed by atoms with Crippen molar-refractivity contribution in [3.05, 3.63) is 53.6 Å². The van der Waals surface area contributed by atoms with Crippen LogP contribution in [0.15, 0.2) is 47.4 Å². The van der Waals surface area contributed by atoms with Crippen LogP contribution in [0, 0.1) is 6.92 Å². The monoisotopic (exact) mass is 370 g/mol. The van der Waals surface area contributed by atoms with E-state index in [1.54, 1.807) is 36.0 Å². The van der Waals surface area contributed by atoms with Crippen LogP contribution in [-0.2, 0) is 15.0 Å². The summed E-state index contributed by atoms with van der Waals surface area (Å²) in [7, 11) is 0. The standard InChI is InChI=1S/C21H26N2O2S/c1-14-6-7-16(21(3,4)5)12-19(14)26-13-20(25)23-18-10-8-17(9-11-18)22-15(2)24/h6-12H,13H2,1-5H3,(H,22,24)(H,23,25). The van der Waals surface area contributed by atoms with Crippen LogP contribution < -0.4 is 10.6 Å². The zero-order chi connectivity index (χ0) is 19.3. The summed E-state index contributed by atoms with van der Waals surface area (Å²) >= 11 is 1.55. The zero-order valence-electron chi connectivity index (χ0n) is 16.0. The second kappa shape index (κ2) is 8.41. The molecule has 0 aliphatic carbocycles. The third-order valence-electron chi connectivity index (χ3n) is 3.90. The second-order valence-electron chi connectivity index (χ2n) is 7.33. The van der Waals surface area contributed by atoms with E-state index in [9.17, 15) is 9.59 Å². The van der Waals surface area contributed by atoms with E-state index >= 15 is 0 Å². The number of hydrogen-bond donors (Lipinski definition) is 2. The van der Waals surface area contributed by atoms with Crippen molar-refractivity contribution < 1.29 is 9.59 Å². The third kappa shape index (κ3) is 5.92. The SMILES string of the molecule is CC(=O)Nc1ccc(NC(=O)CSc2cc(C(C)(C)C)ccc2C)cc1.